The van der Waals surface area contributed by atoms with E-state index in [1.807, 2.05) is 0 Å². The minimum absolute atomic E-state index is 0.697. The van der Waals surface area contributed by atoms with Gasteiger partial charge in [0.1, 0.15) is 0 Å². The van der Waals surface area contributed by atoms with Gasteiger partial charge in [-0.2, -0.15) is 0 Å². The molecule has 114 valence electrons. The van der Waals surface area contributed by atoms with Crippen molar-refractivity contribution in [3.8, 4) is 0 Å². The van der Waals surface area contributed by atoms with Gasteiger partial charge in [-0.3, -0.25) is 0 Å². The summed E-state index contributed by atoms with van der Waals surface area (Å²) >= 11 is 3.78. The first kappa shape index (κ1) is 17.5. The zero-order valence-electron chi connectivity index (χ0n) is 13.0. The molecule has 1 aliphatic heterocycles. The molecule has 19 heavy (non-hydrogen) atoms. The Labute approximate surface area is 129 Å². The van der Waals surface area contributed by atoms with Crippen molar-refractivity contribution in [2.24, 2.45) is 0 Å². The van der Waals surface area contributed by atoms with E-state index in [1.165, 1.54) is 70.8 Å². The lowest BCUT2D eigenvalue weighted by atomic mass is 10.0. The summed E-state index contributed by atoms with van der Waals surface area (Å²) in [5, 5.41) is 3.75. The average Bonchev–Trinajstić information content (AvgIpc) is 2.42. The fourth-order valence-electron chi connectivity index (χ4n) is 2.89. The zero-order chi connectivity index (χ0) is 13.9. The minimum atomic E-state index is 0.697. The zero-order valence-corrected chi connectivity index (χ0v) is 14.6. The predicted molar refractivity (Wildman–Crippen MR) is 88.7 cm³/mol. The van der Waals surface area contributed by atoms with E-state index in [1.54, 1.807) is 0 Å². The topological polar surface area (TPSA) is 15.3 Å². The van der Waals surface area contributed by atoms with Crippen LogP contribution in [0.15, 0.2) is 0 Å². The van der Waals surface area contributed by atoms with Gasteiger partial charge in [-0.05, 0) is 12.8 Å². The Morgan fingerprint density at radius 3 is 2.16 bits per heavy atom. The Bertz CT molecular complexity index is 211. The van der Waals surface area contributed by atoms with Crippen molar-refractivity contribution < 1.29 is 0 Å². The van der Waals surface area contributed by atoms with Crippen molar-refractivity contribution in [2.45, 2.75) is 90.1 Å². The van der Waals surface area contributed by atoms with E-state index in [4.69, 9.17) is 0 Å². The lowest BCUT2D eigenvalue weighted by molar-refractivity contribution is 0.226. The normalized spacial score (nSPS) is 24.8. The molecule has 0 bridgehead atoms. The third kappa shape index (κ3) is 7.67. The van der Waals surface area contributed by atoms with Gasteiger partial charge >= 0.3 is 0 Å². The molecule has 0 amide bonds. The summed E-state index contributed by atoms with van der Waals surface area (Å²) in [5.41, 5.74) is 0. The number of piperazine rings is 1. The quantitative estimate of drug-likeness (QED) is 0.453. The van der Waals surface area contributed by atoms with Crippen LogP contribution in [0.3, 0.4) is 0 Å². The lowest BCUT2D eigenvalue weighted by Gasteiger charge is -2.36. The van der Waals surface area contributed by atoms with Crippen molar-refractivity contribution in [3.63, 3.8) is 0 Å². The van der Waals surface area contributed by atoms with Crippen LogP contribution in [0, 0.1) is 0 Å². The van der Waals surface area contributed by atoms with E-state index in [0.717, 1.165) is 6.54 Å². The van der Waals surface area contributed by atoms with Crippen molar-refractivity contribution in [3.05, 3.63) is 0 Å². The van der Waals surface area contributed by atoms with Crippen LogP contribution in [0.2, 0.25) is 0 Å². The summed E-state index contributed by atoms with van der Waals surface area (Å²) in [7, 11) is 0. The van der Waals surface area contributed by atoms with Gasteiger partial charge in [0, 0.05) is 41.3 Å². The van der Waals surface area contributed by atoms with Gasteiger partial charge in [-0.25, -0.2) is 3.93 Å². The second-order valence-electron chi connectivity index (χ2n) is 6.04. The molecule has 2 atom stereocenters. The number of rotatable bonds is 10. The highest BCUT2D eigenvalue weighted by Gasteiger charge is 2.25. The molecule has 0 spiro atoms. The van der Waals surface area contributed by atoms with Crippen LogP contribution in [-0.2, 0) is 0 Å². The molecule has 1 heterocycles. The average molecular weight is 333 g/mol. The van der Waals surface area contributed by atoms with E-state index < -0.39 is 0 Å². The molecular weight excluding hydrogens is 300 g/mol. The summed E-state index contributed by atoms with van der Waals surface area (Å²) < 4.78 is 2.42. The molecule has 2 unspecified atom stereocenters. The van der Waals surface area contributed by atoms with Gasteiger partial charge in [-0.15, -0.1) is 0 Å². The molecule has 0 aliphatic carbocycles. The van der Waals surface area contributed by atoms with Crippen molar-refractivity contribution in [2.75, 3.05) is 13.1 Å². The molecule has 1 rings (SSSR count). The van der Waals surface area contributed by atoms with Crippen LogP contribution in [0.4, 0.5) is 0 Å². The second kappa shape index (κ2) is 11.1. The van der Waals surface area contributed by atoms with Crippen LogP contribution in [0.5, 0.6) is 0 Å². The summed E-state index contributed by atoms with van der Waals surface area (Å²) in [6.07, 6.45) is 13.7. The first-order valence-electron chi connectivity index (χ1n) is 8.43. The molecule has 3 heteroatoms. The molecule has 0 aromatic rings. The molecule has 1 fully saturated rings. The predicted octanol–water partition coefficient (Wildman–Crippen LogP) is 4.88. The van der Waals surface area contributed by atoms with E-state index >= 15 is 0 Å². The lowest BCUT2D eigenvalue weighted by Crippen LogP contribution is -2.52. The maximum atomic E-state index is 3.78. The highest BCUT2D eigenvalue weighted by molar-refractivity contribution is 9.07. The minimum Gasteiger partial charge on any atom is -0.311 e. The third-order valence-corrected chi connectivity index (χ3v) is 5.10. The largest absolute Gasteiger partial charge is 0.311 e. The molecule has 0 saturated carbocycles. The van der Waals surface area contributed by atoms with Crippen LogP contribution in [0.1, 0.15) is 78.1 Å². The molecule has 2 nitrogen and oxygen atoms in total. The Balaban J connectivity index is 2.09. The van der Waals surface area contributed by atoms with Crippen molar-refractivity contribution >= 4 is 16.1 Å². The summed E-state index contributed by atoms with van der Waals surface area (Å²) in [5.74, 6) is 0. The Hall–Kier alpha value is 0.400. The van der Waals surface area contributed by atoms with Crippen LogP contribution in [0.25, 0.3) is 0 Å². The number of nitrogens with zero attached hydrogens (tertiary/aromatic N) is 1. The number of hydrogen-bond acceptors (Lipinski definition) is 2. The van der Waals surface area contributed by atoms with Gasteiger partial charge < -0.3 is 5.32 Å². The van der Waals surface area contributed by atoms with Crippen molar-refractivity contribution in [1.82, 2.24) is 9.24 Å². The van der Waals surface area contributed by atoms with Crippen LogP contribution >= 0.6 is 16.1 Å². The Kier molecular flexibility index (Phi) is 10.2. The fraction of sp³-hybridized carbons (Fsp3) is 1.00. The van der Waals surface area contributed by atoms with Crippen LogP contribution < -0.4 is 5.32 Å². The van der Waals surface area contributed by atoms with Gasteiger partial charge in [0.05, 0.1) is 0 Å². The Morgan fingerprint density at radius 2 is 1.58 bits per heavy atom. The molecular formula is C16H33BrN2. The maximum absolute atomic E-state index is 3.78. The van der Waals surface area contributed by atoms with Crippen molar-refractivity contribution in [1.29, 1.82) is 0 Å². The van der Waals surface area contributed by atoms with E-state index in [9.17, 15) is 0 Å². The van der Waals surface area contributed by atoms with Gasteiger partial charge in [0.25, 0.3) is 0 Å². The summed E-state index contributed by atoms with van der Waals surface area (Å²) in [6, 6.07) is 1.40. The number of nitrogens with one attached hydrogen (secondary N) is 1. The molecule has 1 N–H and O–H groups in total. The molecule has 1 saturated heterocycles. The smallest absolute Gasteiger partial charge is 0.0331 e. The first-order chi connectivity index (χ1) is 9.27. The highest BCUT2D eigenvalue weighted by atomic mass is 79.9. The van der Waals surface area contributed by atoms with E-state index in [-0.39, 0.29) is 0 Å². The first-order valence-corrected chi connectivity index (χ1v) is 9.14. The van der Waals surface area contributed by atoms with Gasteiger partial charge in [0.2, 0.25) is 0 Å². The standard InChI is InChI=1S/C16H33BrN2/c1-3-5-7-9-11-15-14-19(17)16(13-18-15)12-10-8-6-4-2/h15-16,18H,3-14H2,1-2H3. The SMILES string of the molecule is CCCCCCC1CN(Br)C(CCCCCC)CN1. The van der Waals surface area contributed by atoms with Gasteiger partial charge in [0.15, 0.2) is 0 Å². The van der Waals surface area contributed by atoms with Crippen LogP contribution in [-0.4, -0.2) is 29.1 Å². The summed E-state index contributed by atoms with van der Waals surface area (Å²) in [4.78, 5) is 0. The summed E-state index contributed by atoms with van der Waals surface area (Å²) in [6.45, 7) is 6.89. The van der Waals surface area contributed by atoms with Gasteiger partial charge in [-0.1, -0.05) is 65.2 Å². The van der Waals surface area contributed by atoms with E-state index in [2.05, 4.69) is 39.2 Å². The highest BCUT2D eigenvalue weighted by Crippen LogP contribution is 2.20. The molecule has 1 aliphatic rings. The molecule has 0 radical (unpaired) electrons. The Morgan fingerprint density at radius 1 is 0.947 bits per heavy atom. The third-order valence-electron chi connectivity index (χ3n) is 4.23. The monoisotopic (exact) mass is 332 g/mol. The number of unbranched alkanes of at least 4 members (excludes halogenated alkanes) is 6. The maximum Gasteiger partial charge on any atom is 0.0331 e. The molecule has 0 aromatic carbocycles. The fourth-order valence-corrected chi connectivity index (χ4v) is 3.58. The second-order valence-corrected chi connectivity index (χ2v) is 6.95. The number of halogens is 1. The molecule has 0 aromatic heterocycles. The van der Waals surface area contributed by atoms with E-state index in [0.29, 0.717) is 12.1 Å². The number of hydrogen-bond donors (Lipinski definition) is 1.